The highest BCUT2D eigenvalue weighted by atomic mass is 16.6. The van der Waals surface area contributed by atoms with E-state index >= 15 is 0 Å². The Labute approximate surface area is 146 Å². The van der Waals surface area contributed by atoms with E-state index in [1.807, 2.05) is 12.1 Å². The number of nitro benzene ring substituents is 1. The summed E-state index contributed by atoms with van der Waals surface area (Å²) in [5.41, 5.74) is 8.44. The molecule has 0 aliphatic rings. The third kappa shape index (κ3) is 4.23. The smallest absolute Gasteiger partial charge is 0.273 e. The average molecular weight is 343 g/mol. The highest BCUT2D eigenvalue weighted by Crippen LogP contribution is 2.34. The molecule has 2 aromatic carbocycles. The fourth-order valence-corrected chi connectivity index (χ4v) is 2.39. The van der Waals surface area contributed by atoms with E-state index in [0.717, 1.165) is 18.8 Å². The predicted molar refractivity (Wildman–Crippen MR) is 98.2 cm³/mol. The van der Waals surface area contributed by atoms with Crippen LogP contribution in [-0.4, -0.2) is 25.1 Å². The number of azo groups is 1. The molecule has 0 aliphatic heterocycles. The Balaban J connectivity index is 2.29. The number of nitrogens with two attached hydrogens (primary N) is 1. The number of nitro groups is 1. The van der Waals surface area contributed by atoms with Gasteiger partial charge in [-0.25, -0.2) is 0 Å². The average Bonchev–Trinajstić information content (AvgIpc) is 2.61. The largest absolute Gasteiger partial charge is 0.494 e. The molecule has 0 saturated heterocycles. The molecular weight excluding hydrogens is 322 g/mol. The highest BCUT2D eigenvalue weighted by Gasteiger charge is 2.11. The van der Waals surface area contributed by atoms with Gasteiger partial charge < -0.3 is 15.4 Å². The lowest BCUT2D eigenvalue weighted by molar-refractivity contribution is -0.384. The summed E-state index contributed by atoms with van der Waals surface area (Å²) in [7, 11) is 1.42. The van der Waals surface area contributed by atoms with Crippen LogP contribution >= 0.6 is 0 Å². The van der Waals surface area contributed by atoms with Crippen molar-refractivity contribution in [2.45, 2.75) is 13.8 Å². The van der Waals surface area contributed by atoms with E-state index in [-0.39, 0.29) is 11.4 Å². The number of non-ortho nitro benzene ring substituents is 1. The Hall–Kier alpha value is -3.16. The Morgan fingerprint density at radius 1 is 1.12 bits per heavy atom. The Kier molecular flexibility index (Phi) is 5.89. The number of ether oxygens (including phenoxy) is 1. The summed E-state index contributed by atoms with van der Waals surface area (Å²) in [5, 5.41) is 19.1. The summed E-state index contributed by atoms with van der Waals surface area (Å²) < 4.78 is 5.14. The maximum absolute atomic E-state index is 10.8. The minimum absolute atomic E-state index is 0.0705. The van der Waals surface area contributed by atoms with Gasteiger partial charge in [-0.3, -0.25) is 10.1 Å². The molecule has 2 aromatic rings. The van der Waals surface area contributed by atoms with Crippen LogP contribution in [0.25, 0.3) is 0 Å². The van der Waals surface area contributed by atoms with Crippen LogP contribution in [0.15, 0.2) is 46.6 Å². The topological polar surface area (TPSA) is 106 Å². The molecule has 0 radical (unpaired) electrons. The van der Waals surface area contributed by atoms with Crippen molar-refractivity contribution < 1.29 is 9.66 Å². The number of nitrogens with zero attached hydrogens (tertiary/aromatic N) is 4. The molecule has 0 spiro atoms. The van der Waals surface area contributed by atoms with Crippen LogP contribution in [0.2, 0.25) is 0 Å². The molecule has 0 atom stereocenters. The van der Waals surface area contributed by atoms with Crippen molar-refractivity contribution in [3.05, 3.63) is 46.5 Å². The number of rotatable bonds is 7. The third-order valence-corrected chi connectivity index (χ3v) is 3.78. The number of nitrogen functional groups attached to an aromatic ring is 1. The van der Waals surface area contributed by atoms with Crippen molar-refractivity contribution in [1.82, 2.24) is 0 Å². The van der Waals surface area contributed by atoms with Gasteiger partial charge in [0.15, 0.2) is 5.75 Å². The van der Waals surface area contributed by atoms with Crippen LogP contribution in [-0.2, 0) is 0 Å². The number of hydrogen-bond donors (Lipinski definition) is 1. The van der Waals surface area contributed by atoms with Crippen molar-refractivity contribution in [2.24, 2.45) is 10.2 Å². The van der Waals surface area contributed by atoms with Crippen molar-refractivity contribution in [3.8, 4) is 5.75 Å². The fraction of sp³-hybridized carbons (Fsp3) is 0.294. The van der Waals surface area contributed by atoms with Crippen LogP contribution in [0, 0.1) is 10.1 Å². The second-order valence-electron chi connectivity index (χ2n) is 5.23. The van der Waals surface area contributed by atoms with Crippen LogP contribution in [0.4, 0.5) is 28.4 Å². The molecule has 8 nitrogen and oxygen atoms in total. The molecule has 0 saturated carbocycles. The van der Waals surface area contributed by atoms with Crippen LogP contribution in [0.5, 0.6) is 5.75 Å². The van der Waals surface area contributed by atoms with E-state index in [1.54, 1.807) is 6.07 Å². The first-order valence-electron chi connectivity index (χ1n) is 7.88. The van der Waals surface area contributed by atoms with Crippen LogP contribution < -0.4 is 15.4 Å². The molecule has 2 N–H and O–H groups in total. The van der Waals surface area contributed by atoms with Crippen molar-refractivity contribution in [2.75, 3.05) is 30.8 Å². The lowest BCUT2D eigenvalue weighted by Gasteiger charge is -2.21. The highest BCUT2D eigenvalue weighted by molar-refractivity contribution is 5.69. The van der Waals surface area contributed by atoms with Gasteiger partial charge in [0.25, 0.3) is 5.69 Å². The maximum atomic E-state index is 10.8. The molecule has 2 rings (SSSR count). The van der Waals surface area contributed by atoms with Gasteiger partial charge in [0, 0.05) is 24.8 Å². The van der Waals surface area contributed by atoms with E-state index in [2.05, 4.69) is 29.0 Å². The van der Waals surface area contributed by atoms with Gasteiger partial charge in [0.2, 0.25) is 0 Å². The number of methoxy groups -OCH3 is 1. The van der Waals surface area contributed by atoms with Crippen LogP contribution in [0.1, 0.15) is 13.8 Å². The zero-order chi connectivity index (χ0) is 18.4. The van der Waals surface area contributed by atoms with Crippen molar-refractivity contribution in [1.29, 1.82) is 0 Å². The molecule has 0 amide bonds. The van der Waals surface area contributed by atoms with Crippen molar-refractivity contribution >= 4 is 28.4 Å². The van der Waals surface area contributed by atoms with Crippen LogP contribution in [0.3, 0.4) is 0 Å². The Morgan fingerprint density at radius 3 is 2.32 bits per heavy atom. The second-order valence-corrected chi connectivity index (χ2v) is 5.23. The minimum Gasteiger partial charge on any atom is -0.494 e. The summed E-state index contributed by atoms with van der Waals surface area (Å²) >= 11 is 0. The molecular formula is C17H21N5O3. The van der Waals surface area contributed by atoms with E-state index in [4.69, 9.17) is 10.5 Å². The molecule has 0 aromatic heterocycles. The number of hydrogen-bond acceptors (Lipinski definition) is 7. The summed E-state index contributed by atoms with van der Waals surface area (Å²) in [5.74, 6) is 0.274. The molecule has 25 heavy (non-hydrogen) atoms. The fourth-order valence-electron chi connectivity index (χ4n) is 2.39. The monoisotopic (exact) mass is 343 g/mol. The van der Waals surface area contributed by atoms with Crippen molar-refractivity contribution in [3.63, 3.8) is 0 Å². The van der Waals surface area contributed by atoms with E-state index in [9.17, 15) is 10.1 Å². The Morgan fingerprint density at radius 2 is 1.76 bits per heavy atom. The number of anilines is 2. The molecule has 0 aliphatic carbocycles. The maximum Gasteiger partial charge on any atom is 0.273 e. The van der Waals surface area contributed by atoms with Gasteiger partial charge >= 0.3 is 0 Å². The lowest BCUT2D eigenvalue weighted by Crippen LogP contribution is -2.21. The first kappa shape index (κ1) is 18.2. The molecule has 132 valence electrons. The zero-order valence-corrected chi connectivity index (χ0v) is 14.5. The molecule has 0 unspecified atom stereocenters. The summed E-state index contributed by atoms with van der Waals surface area (Å²) in [4.78, 5) is 12.5. The number of benzene rings is 2. The van der Waals surface area contributed by atoms with Gasteiger partial charge in [0.1, 0.15) is 11.4 Å². The standard InChI is InChI=1S/C17H21N5O3/c1-4-21(5-2)12-6-8-15(14(18)10-12)19-20-16-9-7-13(22(23)24)11-17(16)25-3/h6-11H,4-5,18H2,1-3H3. The Bertz CT molecular complexity index is 788. The van der Waals surface area contributed by atoms with E-state index in [1.165, 1.54) is 25.3 Å². The SMILES string of the molecule is CCN(CC)c1ccc(N=Nc2ccc([N+](=O)[O-])cc2OC)c(N)c1. The van der Waals surface area contributed by atoms with Gasteiger partial charge in [-0.1, -0.05) is 0 Å². The van der Waals surface area contributed by atoms with Gasteiger partial charge in [-0.2, -0.15) is 0 Å². The first-order chi connectivity index (χ1) is 12.0. The molecule has 0 fully saturated rings. The first-order valence-corrected chi connectivity index (χ1v) is 7.88. The molecule has 8 heteroatoms. The lowest BCUT2D eigenvalue weighted by atomic mass is 10.2. The van der Waals surface area contributed by atoms with E-state index < -0.39 is 4.92 Å². The van der Waals surface area contributed by atoms with E-state index in [0.29, 0.717) is 17.1 Å². The normalized spacial score (nSPS) is 10.8. The molecule has 0 bridgehead atoms. The minimum atomic E-state index is -0.493. The summed E-state index contributed by atoms with van der Waals surface area (Å²) in [6, 6.07) is 9.73. The van der Waals surface area contributed by atoms with Gasteiger partial charge in [-0.05, 0) is 38.1 Å². The quantitative estimate of drug-likeness (QED) is 0.346. The van der Waals surface area contributed by atoms with Gasteiger partial charge in [0.05, 0.1) is 23.8 Å². The molecule has 0 heterocycles. The second kappa shape index (κ2) is 8.09. The zero-order valence-electron chi connectivity index (χ0n) is 14.5. The summed E-state index contributed by atoms with van der Waals surface area (Å²) in [6.07, 6.45) is 0. The summed E-state index contributed by atoms with van der Waals surface area (Å²) in [6.45, 7) is 5.93. The van der Waals surface area contributed by atoms with Gasteiger partial charge in [-0.15, -0.1) is 10.2 Å². The predicted octanol–water partition coefficient (Wildman–Crippen LogP) is 4.45. The third-order valence-electron chi connectivity index (χ3n) is 3.78.